The monoisotopic (exact) mass is 393 g/mol. The van der Waals surface area contributed by atoms with Crippen molar-refractivity contribution in [3.63, 3.8) is 0 Å². The van der Waals surface area contributed by atoms with Crippen LogP contribution in [0.25, 0.3) is 0 Å². The maximum Gasteiger partial charge on any atom is 0.407 e. The van der Waals surface area contributed by atoms with E-state index in [0.717, 1.165) is 25.7 Å². The molecule has 1 aromatic heterocycles. The third kappa shape index (κ3) is 5.43. The molecule has 1 aliphatic carbocycles. The van der Waals surface area contributed by atoms with Gasteiger partial charge in [0.1, 0.15) is 23.8 Å². The average Bonchev–Trinajstić information content (AvgIpc) is 2.66. The van der Waals surface area contributed by atoms with Crippen LogP contribution in [0.1, 0.15) is 25.7 Å². The number of amides is 1. The van der Waals surface area contributed by atoms with Gasteiger partial charge in [0, 0.05) is 23.8 Å². The number of carbonyl (C=O) groups is 1. The molecule has 0 saturated heterocycles. The van der Waals surface area contributed by atoms with E-state index in [0.29, 0.717) is 17.3 Å². The molecular weight excluding hydrogens is 373 g/mol. The number of ether oxygens (including phenoxy) is 1. The molecule has 0 radical (unpaired) electrons. The van der Waals surface area contributed by atoms with Crippen LogP contribution in [0.4, 0.5) is 26.5 Å². The molecule has 1 fully saturated rings. The highest BCUT2D eigenvalue weighted by Gasteiger charge is 2.22. The Labute approximate surface area is 161 Å². The fourth-order valence-corrected chi connectivity index (χ4v) is 3.22. The number of nitrogens with one attached hydrogen (secondary N) is 3. The van der Waals surface area contributed by atoms with Gasteiger partial charge in [0.05, 0.1) is 12.1 Å². The number of anilines is 3. The van der Waals surface area contributed by atoms with Crippen LogP contribution in [0.3, 0.4) is 0 Å². The zero-order valence-corrected chi connectivity index (χ0v) is 15.6. The molecule has 2 aromatic rings. The molecule has 3 N–H and O–H groups in total. The van der Waals surface area contributed by atoms with Gasteiger partial charge in [-0.1, -0.05) is 11.6 Å². The van der Waals surface area contributed by atoms with Gasteiger partial charge in [-0.25, -0.2) is 19.2 Å². The van der Waals surface area contributed by atoms with E-state index in [2.05, 4.69) is 30.7 Å². The first-order valence-corrected chi connectivity index (χ1v) is 9.06. The number of alkyl carbamates (subject to hydrolysis) is 1. The fourth-order valence-electron chi connectivity index (χ4n) is 3.04. The Hall–Kier alpha value is -2.61. The van der Waals surface area contributed by atoms with E-state index in [1.54, 1.807) is 12.1 Å². The third-order valence-corrected chi connectivity index (χ3v) is 4.74. The predicted octanol–water partition coefficient (Wildman–Crippen LogP) is 4.09. The van der Waals surface area contributed by atoms with Crippen molar-refractivity contribution in [3.8, 4) is 0 Å². The van der Waals surface area contributed by atoms with E-state index in [9.17, 15) is 9.18 Å². The zero-order chi connectivity index (χ0) is 19.2. The molecule has 144 valence electrons. The van der Waals surface area contributed by atoms with Crippen molar-refractivity contribution >= 4 is 35.0 Å². The lowest BCUT2D eigenvalue weighted by Crippen LogP contribution is -2.40. The van der Waals surface area contributed by atoms with E-state index in [1.807, 2.05) is 0 Å². The standard InChI is InChI=1S/C18H21ClFN5O2/c1-27-18(26)25-12-4-2-11(3-5-12)23-16-9-17(22-10-21-16)24-13-6-7-15(20)14(19)8-13/h6-12H,2-5H2,1H3,(H,25,26)(H2,21,22,23,24). The van der Waals surface area contributed by atoms with Gasteiger partial charge in [-0.2, -0.15) is 0 Å². The predicted molar refractivity (Wildman–Crippen MR) is 102 cm³/mol. The van der Waals surface area contributed by atoms with Crippen LogP contribution in [0.2, 0.25) is 5.02 Å². The lowest BCUT2D eigenvalue weighted by atomic mass is 9.91. The van der Waals surface area contributed by atoms with Gasteiger partial charge in [0.2, 0.25) is 0 Å². The minimum atomic E-state index is -0.468. The number of hydrogen-bond donors (Lipinski definition) is 3. The summed E-state index contributed by atoms with van der Waals surface area (Å²) >= 11 is 5.80. The molecule has 3 rings (SSSR count). The minimum Gasteiger partial charge on any atom is -0.453 e. The summed E-state index contributed by atoms with van der Waals surface area (Å²) in [6.45, 7) is 0. The Morgan fingerprint density at radius 2 is 1.85 bits per heavy atom. The highest BCUT2D eigenvalue weighted by Crippen LogP contribution is 2.24. The molecule has 0 atom stereocenters. The smallest absolute Gasteiger partial charge is 0.407 e. The second kappa shape index (κ2) is 8.85. The maximum atomic E-state index is 13.3. The first-order valence-electron chi connectivity index (χ1n) is 8.68. The summed E-state index contributed by atoms with van der Waals surface area (Å²) in [7, 11) is 1.36. The summed E-state index contributed by atoms with van der Waals surface area (Å²) in [4.78, 5) is 19.7. The van der Waals surface area contributed by atoms with Gasteiger partial charge in [0.15, 0.2) is 0 Å². The molecule has 1 aliphatic rings. The Kier molecular flexibility index (Phi) is 6.28. The third-order valence-electron chi connectivity index (χ3n) is 4.45. The normalized spacial score (nSPS) is 19.2. The number of benzene rings is 1. The maximum absolute atomic E-state index is 13.3. The Bertz CT molecular complexity index is 799. The number of halogens is 2. The second-order valence-electron chi connectivity index (χ2n) is 6.37. The zero-order valence-electron chi connectivity index (χ0n) is 14.8. The molecule has 0 bridgehead atoms. The Morgan fingerprint density at radius 1 is 1.15 bits per heavy atom. The van der Waals surface area contributed by atoms with Crippen LogP contribution in [-0.4, -0.2) is 35.3 Å². The first-order chi connectivity index (χ1) is 13.0. The topological polar surface area (TPSA) is 88.2 Å². The number of hydrogen-bond acceptors (Lipinski definition) is 6. The van der Waals surface area contributed by atoms with Crippen LogP contribution in [0.5, 0.6) is 0 Å². The number of aromatic nitrogens is 2. The van der Waals surface area contributed by atoms with E-state index in [-0.39, 0.29) is 23.2 Å². The first kappa shape index (κ1) is 19.2. The van der Waals surface area contributed by atoms with Crippen LogP contribution in [-0.2, 0) is 4.74 Å². The Balaban J connectivity index is 1.55. The van der Waals surface area contributed by atoms with Crippen LogP contribution < -0.4 is 16.0 Å². The van der Waals surface area contributed by atoms with Gasteiger partial charge in [0.25, 0.3) is 0 Å². The molecule has 9 heteroatoms. The van der Waals surface area contributed by atoms with E-state index in [4.69, 9.17) is 11.6 Å². The molecule has 0 unspecified atom stereocenters. The van der Waals surface area contributed by atoms with Crippen LogP contribution in [0.15, 0.2) is 30.6 Å². The van der Waals surface area contributed by atoms with Crippen molar-refractivity contribution < 1.29 is 13.9 Å². The lowest BCUT2D eigenvalue weighted by Gasteiger charge is -2.29. The molecular formula is C18H21ClFN5O2. The largest absolute Gasteiger partial charge is 0.453 e. The molecule has 1 saturated carbocycles. The summed E-state index contributed by atoms with van der Waals surface area (Å²) in [5.74, 6) is 0.811. The van der Waals surface area contributed by atoms with E-state index < -0.39 is 5.82 Å². The van der Waals surface area contributed by atoms with Crippen molar-refractivity contribution in [2.24, 2.45) is 0 Å². The highest BCUT2D eigenvalue weighted by molar-refractivity contribution is 6.31. The summed E-state index contributed by atoms with van der Waals surface area (Å²) in [5.41, 5.74) is 0.639. The molecule has 1 amide bonds. The minimum absolute atomic E-state index is 0.0460. The van der Waals surface area contributed by atoms with Gasteiger partial charge >= 0.3 is 6.09 Å². The van der Waals surface area contributed by atoms with Crippen LogP contribution in [0, 0.1) is 5.82 Å². The van der Waals surface area contributed by atoms with E-state index in [1.165, 1.54) is 25.6 Å². The van der Waals surface area contributed by atoms with Crippen LogP contribution >= 0.6 is 11.6 Å². The molecule has 27 heavy (non-hydrogen) atoms. The SMILES string of the molecule is COC(=O)NC1CCC(Nc2cc(Nc3ccc(F)c(Cl)c3)ncn2)CC1. The summed E-state index contributed by atoms with van der Waals surface area (Å²) < 4.78 is 17.9. The van der Waals surface area contributed by atoms with Crippen molar-refractivity contribution in [1.29, 1.82) is 0 Å². The summed E-state index contributed by atoms with van der Waals surface area (Å²) in [6.07, 6.45) is 4.64. The number of rotatable bonds is 5. The highest BCUT2D eigenvalue weighted by atomic mass is 35.5. The van der Waals surface area contributed by atoms with Crippen molar-refractivity contribution in [2.45, 2.75) is 37.8 Å². The average molecular weight is 394 g/mol. The van der Waals surface area contributed by atoms with Gasteiger partial charge < -0.3 is 20.7 Å². The Morgan fingerprint density at radius 3 is 2.56 bits per heavy atom. The van der Waals surface area contributed by atoms with Crippen molar-refractivity contribution in [1.82, 2.24) is 15.3 Å². The van der Waals surface area contributed by atoms with Gasteiger partial charge in [-0.15, -0.1) is 0 Å². The summed E-state index contributed by atoms with van der Waals surface area (Å²) in [6, 6.07) is 6.58. The van der Waals surface area contributed by atoms with Gasteiger partial charge in [-0.3, -0.25) is 0 Å². The van der Waals surface area contributed by atoms with Crippen molar-refractivity contribution in [2.75, 3.05) is 17.7 Å². The number of nitrogens with zero attached hydrogens (tertiary/aromatic N) is 2. The fraction of sp³-hybridized carbons (Fsp3) is 0.389. The molecule has 7 nitrogen and oxygen atoms in total. The van der Waals surface area contributed by atoms with Crippen molar-refractivity contribution in [3.05, 3.63) is 41.4 Å². The molecule has 1 heterocycles. The van der Waals surface area contributed by atoms with E-state index >= 15 is 0 Å². The second-order valence-corrected chi connectivity index (χ2v) is 6.78. The number of carbonyl (C=O) groups excluding carboxylic acids is 1. The number of methoxy groups -OCH3 is 1. The summed E-state index contributed by atoms with van der Waals surface area (Å²) in [5, 5.41) is 9.36. The van der Waals surface area contributed by atoms with Gasteiger partial charge in [-0.05, 0) is 43.9 Å². The molecule has 0 spiro atoms. The molecule has 1 aromatic carbocycles. The molecule has 0 aliphatic heterocycles. The lowest BCUT2D eigenvalue weighted by molar-refractivity contribution is 0.162. The quantitative estimate of drug-likeness (QED) is 0.709.